The van der Waals surface area contributed by atoms with Crippen molar-refractivity contribution in [2.45, 2.75) is 25.9 Å². The summed E-state index contributed by atoms with van der Waals surface area (Å²) in [7, 11) is 0. The quantitative estimate of drug-likeness (QED) is 0.761. The SMILES string of the molecule is CC1CNCC(C)N1C(=O)OC1=NCNc2ccccc21. The van der Waals surface area contributed by atoms with Crippen LogP contribution in [0.1, 0.15) is 19.4 Å². The van der Waals surface area contributed by atoms with Crippen LogP contribution in [0.2, 0.25) is 0 Å². The third kappa shape index (κ3) is 2.71. The van der Waals surface area contributed by atoms with Gasteiger partial charge < -0.3 is 15.4 Å². The number of hydrogen-bond acceptors (Lipinski definition) is 5. The first-order valence-corrected chi connectivity index (χ1v) is 7.25. The van der Waals surface area contributed by atoms with Crippen LogP contribution < -0.4 is 10.6 Å². The number of ether oxygens (including phenoxy) is 1. The number of hydrogen-bond donors (Lipinski definition) is 2. The maximum Gasteiger partial charge on any atom is 0.417 e. The molecule has 0 radical (unpaired) electrons. The van der Waals surface area contributed by atoms with Crippen LogP contribution in [0.15, 0.2) is 29.3 Å². The van der Waals surface area contributed by atoms with Crippen molar-refractivity contribution in [3.05, 3.63) is 29.8 Å². The van der Waals surface area contributed by atoms with Crippen LogP contribution >= 0.6 is 0 Å². The van der Waals surface area contributed by atoms with Crippen molar-refractivity contribution in [3.63, 3.8) is 0 Å². The molecule has 2 N–H and O–H groups in total. The van der Waals surface area contributed by atoms with E-state index in [0.717, 1.165) is 24.3 Å². The summed E-state index contributed by atoms with van der Waals surface area (Å²) in [5.41, 5.74) is 1.77. The van der Waals surface area contributed by atoms with Gasteiger partial charge in [-0.3, -0.25) is 4.90 Å². The molecule has 6 nitrogen and oxygen atoms in total. The van der Waals surface area contributed by atoms with Crippen molar-refractivity contribution in [2.75, 3.05) is 25.1 Å². The van der Waals surface area contributed by atoms with E-state index in [9.17, 15) is 4.79 Å². The van der Waals surface area contributed by atoms with E-state index in [2.05, 4.69) is 15.6 Å². The first-order chi connectivity index (χ1) is 10.2. The van der Waals surface area contributed by atoms with E-state index >= 15 is 0 Å². The molecule has 6 heteroatoms. The minimum absolute atomic E-state index is 0.110. The fourth-order valence-corrected chi connectivity index (χ4v) is 2.82. The number of nitrogens with zero attached hydrogens (tertiary/aromatic N) is 2. The molecule has 0 saturated carbocycles. The van der Waals surface area contributed by atoms with Gasteiger partial charge in [0.05, 0.1) is 5.56 Å². The fraction of sp³-hybridized carbons (Fsp3) is 0.467. The molecule has 3 rings (SSSR count). The van der Waals surface area contributed by atoms with Gasteiger partial charge in [0, 0.05) is 30.9 Å². The number of carbonyl (C=O) groups excluding carboxylic acids is 1. The maximum atomic E-state index is 12.5. The molecule has 0 aliphatic carbocycles. The van der Waals surface area contributed by atoms with Crippen molar-refractivity contribution >= 4 is 17.7 Å². The molecule has 0 aromatic heterocycles. The third-order valence-corrected chi connectivity index (χ3v) is 3.87. The number of nitrogens with one attached hydrogen (secondary N) is 2. The molecule has 2 heterocycles. The largest absolute Gasteiger partial charge is 0.417 e. The smallest absolute Gasteiger partial charge is 0.391 e. The number of para-hydroxylation sites is 1. The zero-order valence-corrected chi connectivity index (χ0v) is 12.3. The normalized spacial score (nSPS) is 24.7. The predicted octanol–water partition coefficient (Wildman–Crippen LogP) is 1.63. The lowest BCUT2D eigenvalue weighted by atomic mass is 10.1. The van der Waals surface area contributed by atoms with Crippen LogP contribution in [0, 0.1) is 0 Å². The Morgan fingerprint density at radius 3 is 2.76 bits per heavy atom. The number of carbonyl (C=O) groups is 1. The van der Waals surface area contributed by atoms with Crippen LogP contribution in [0.4, 0.5) is 10.5 Å². The van der Waals surface area contributed by atoms with Gasteiger partial charge in [-0.2, -0.15) is 0 Å². The van der Waals surface area contributed by atoms with Gasteiger partial charge in [-0.15, -0.1) is 0 Å². The molecule has 2 aliphatic heterocycles. The van der Waals surface area contributed by atoms with E-state index in [1.807, 2.05) is 38.1 Å². The van der Waals surface area contributed by atoms with E-state index < -0.39 is 0 Å². The van der Waals surface area contributed by atoms with Gasteiger partial charge in [0.25, 0.3) is 0 Å². The topological polar surface area (TPSA) is 66.0 Å². The van der Waals surface area contributed by atoms with Crippen molar-refractivity contribution in [2.24, 2.45) is 4.99 Å². The molecule has 2 atom stereocenters. The van der Waals surface area contributed by atoms with E-state index in [1.165, 1.54) is 0 Å². The first-order valence-electron chi connectivity index (χ1n) is 7.25. The summed E-state index contributed by atoms with van der Waals surface area (Å²) < 4.78 is 5.57. The summed E-state index contributed by atoms with van der Waals surface area (Å²) in [6.45, 7) is 6.02. The molecule has 0 bridgehead atoms. The lowest BCUT2D eigenvalue weighted by molar-refractivity contribution is 0.0942. The van der Waals surface area contributed by atoms with Crippen LogP contribution in [0.5, 0.6) is 0 Å². The highest BCUT2D eigenvalue weighted by atomic mass is 16.6. The minimum atomic E-state index is -0.327. The van der Waals surface area contributed by atoms with Gasteiger partial charge in [0.1, 0.15) is 6.67 Å². The number of anilines is 1. The van der Waals surface area contributed by atoms with Crippen LogP contribution in [0.25, 0.3) is 0 Å². The molecular formula is C15H20N4O2. The Kier molecular flexibility index (Phi) is 3.79. The maximum absolute atomic E-state index is 12.5. The Labute approximate surface area is 124 Å². The second kappa shape index (κ2) is 5.73. The first kappa shape index (κ1) is 13.9. The van der Waals surface area contributed by atoms with Gasteiger partial charge in [-0.25, -0.2) is 9.79 Å². The van der Waals surface area contributed by atoms with E-state index in [-0.39, 0.29) is 18.2 Å². The lowest BCUT2D eigenvalue weighted by Gasteiger charge is -2.38. The van der Waals surface area contributed by atoms with Crippen molar-refractivity contribution in [3.8, 4) is 0 Å². The molecule has 1 saturated heterocycles. The Morgan fingerprint density at radius 2 is 2.00 bits per heavy atom. The minimum Gasteiger partial charge on any atom is -0.391 e. The van der Waals surface area contributed by atoms with Gasteiger partial charge in [-0.1, -0.05) is 12.1 Å². The molecule has 1 amide bonds. The molecule has 1 aromatic rings. The Hall–Kier alpha value is -2.08. The summed E-state index contributed by atoms with van der Waals surface area (Å²) >= 11 is 0. The average Bonchev–Trinajstić information content (AvgIpc) is 2.47. The summed E-state index contributed by atoms with van der Waals surface area (Å²) in [5, 5.41) is 6.46. The lowest BCUT2D eigenvalue weighted by Crippen LogP contribution is -2.57. The molecule has 2 unspecified atom stereocenters. The van der Waals surface area contributed by atoms with Gasteiger partial charge in [-0.05, 0) is 26.0 Å². The van der Waals surface area contributed by atoms with Gasteiger partial charge >= 0.3 is 6.09 Å². The Balaban J connectivity index is 1.77. The fourth-order valence-electron chi connectivity index (χ4n) is 2.82. The molecule has 0 spiro atoms. The van der Waals surface area contributed by atoms with Gasteiger partial charge in [0.15, 0.2) is 0 Å². The van der Waals surface area contributed by atoms with Crippen molar-refractivity contribution in [1.82, 2.24) is 10.2 Å². The van der Waals surface area contributed by atoms with Gasteiger partial charge in [0.2, 0.25) is 5.90 Å². The molecule has 112 valence electrons. The second-order valence-corrected chi connectivity index (χ2v) is 5.48. The highest BCUT2D eigenvalue weighted by Gasteiger charge is 2.31. The van der Waals surface area contributed by atoms with Crippen LogP contribution in [-0.4, -0.2) is 48.7 Å². The summed E-state index contributed by atoms with van der Waals surface area (Å²) in [5.74, 6) is 0.396. The van der Waals surface area contributed by atoms with E-state index in [1.54, 1.807) is 4.90 Å². The van der Waals surface area contributed by atoms with E-state index in [4.69, 9.17) is 4.74 Å². The molecule has 1 fully saturated rings. The molecule has 2 aliphatic rings. The second-order valence-electron chi connectivity index (χ2n) is 5.48. The molecule has 21 heavy (non-hydrogen) atoms. The average molecular weight is 288 g/mol. The van der Waals surface area contributed by atoms with Crippen LogP contribution in [-0.2, 0) is 4.74 Å². The number of amides is 1. The standard InChI is InChI=1S/C15H20N4O2/c1-10-7-16-8-11(2)19(10)15(20)21-14-12-5-3-4-6-13(12)17-9-18-14/h3-6,10-11,16-17H,7-9H2,1-2H3. The number of fused-ring (bicyclic) bond motifs is 1. The zero-order valence-electron chi connectivity index (χ0n) is 12.3. The summed E-state index contributed by atoms with van der Waals surface area (Å²) in [6.07, 6.45) is -0.327. The van der Waals surface area contributed by atoms with E-state index in [0.29, 0.717) is 12.6 Å². The molecule has 1 aromatic carbocycles. The van der Waals surface area contributed by atoms with Crippen LogP contribution in [0.3, 0.4) is 0 Å². The monoisotopic (exact) mass is 288 g/mol. The van der Waals surface area contributed by atoms with Crippen molar-refractivity contribution < 1.29 is 9.53 Å². The third-order valence-electron chi connectivity index (χ3n) is 3.87. The number of benzene rings is 1. The molecular weight excluding hydrogens is 268 g/mol. The number of piperazine rings is 1. The Morgan fingerprint density at radius 1 is 1.29 bits per heavy atom. The zero-order chi connectivity index (χ0) is 14.8. The predicted molar refractivity (Wildman–Crippen MR) is 81.6 cm³/mol. The summed E-state index contributed by atoms with van der Waals surface area (Å²) in [6, 6.07) is 7.92. The van der Waals surface area contributed by atoms with Crippen molar-refractivity contribution in [1.29, 1.82) is 0 Å². The highest BCUT2D eigenvalue weighted by Crippen LogP contribution is 2.21. The highest BCUT2D eigenvalue weighted by molar-refractivity contribution is 6.05. The summed E-state index contributed by atoms with van der Waals surface area (Å²) in [4.78, 5) is 18.5. The number of rotatable bonds is 0. The Bertz CT molecular complexity index is 563. The number of aliphatic imine (C=N–C) groups is 1.